The zero-order chi connectivity index (χ0) is 13.8. The highest BCUT2D eigenvalue weighted by Gasteiger charge is 2.27. The lowest BCUT2D eigenvalue weighted by molar-refractivity contribution is 0.0582. The molecule has 1 heterocycles. The van der Waals surface area contributed by atoms with E-state index in [-0.39, 0.29) is 18.2 Å². The summed E-state index contributed by atoms with van der Waals surface area (Å²) >= 11 is 0. The largest absolute Gasteiger partial charge is 0.377 e. The molecule has 3 heteroatoms. The second-order valence-electron chi connectivity index (χ2n) is 5.69. The number of benzene rings is 1. The van der Waals surface area contributed by atoms with Gasteiger partial charge in [0.05, 0.1) is 6.10 Å². The SMILES string of the molecule is Cc1ccccc1C(C(C)N)N1CCCOC(C)C1. The maximum Gasteiger partial charge on any atom is 0.0674 e. The van der Waals surface area contributed by atoms with Crippen LogP contribution in [0.3, 0.4) is 0 Å². The molecular weight excluding hydrogens is 236 g/mol. The van der Waals surface area contributed by atoms with E-state index in [1.807, 2.05) is 0 Å². The molecule has 1 saturated heterocycles. The highest BCUT2D eigenvalue weighted by atomic mass is 16.5. The Kier molecular flexibility index (Phi) is 4.97. The third-order valence-corrected chi connectivity index (χ3v) is 3.88. The number of hydrogen-bond donors (Lipinski definition) is 1. The van der Waals surface area contributed by atoms with Gasteiger partial charge in [-0.05, 0) is 38.3 Å². The molecule has 0 aromatic heterocycles. The molecule has 0 spiro atoms. The van der Waals surface area contributed by atoms with Crippen LogP contribution in [0.4, 0.5) is 0 Å². The Labute approximate surface area is 116 Å². The molecule has 0 aliphatic carbocycles. The minimum absolute atomic E-state index is 0.117. The van der Waals surface area contributed by atoms with E-state index in [1.54, 1.807) is 0 Å². The summed E-state index contributed by atoms with van der Waals surface area (Å²) in [7, 11) is 0. The number of hydrogen-bond acceptors (Lipinski definition) is 3. The van der Waals surface area contributed by atoms with Crippen LogP contribution in [-0.4, -0.2) is 36.7 Å². The van der Waals surface area contributed by atoms with Crippen LogP contribution in [0, 0.1) is 6.92 Å². The third kappa shape index (κ3) is 3.56. The average molecular weight is 262 g/mol. The van der Waals surface area contributed by atoms with Crippen molar-refractivity contribution in [2.24, 2.45) is 5.73 Å². The van der Waals surface area contributed by atoms with Crippen LogP contribution in [0.1, 0.15) is 37.4 Å². The number of rotatable bonds is 3. The first-order chi connectivity index (χ1) is 9.09. The molecule has 3 atom stereocenters. The Bertz CT molecular complexity index is 405. The van der Waals surface area contributed by atoms with Gasteiger partial charge in [-0.2, -0.15) is 0 Å². The normalized spacial score (nSPS) is 24.7. The molecule has 2 N–H and O–H groups in total. The summed E-state index contributed by atoms with van der Waals surface area (Å²) in [6.07, 6.45) is 1.37. The lowest BCUT2D eigenvalue weighted by Gasteiger charge is -2.35. The Morgan fingerprint density at radius 3 is 2.79 bits per heavy atom. The molecule has 3 unspecified atom stereocenters. The molecule has 1 fully saturated rings. The highest BCUT2D eigenvalue weighted by molar-refractivity contribution is 5.30. The zero-order valence-electron chi connectivity index (χ0n) is 12.3. The summed E-state index contributed by atoms with van der Waals surface area (Å²) in [5, 5.41) is 0. The Balaban J connectivity index is 2.27. The number of ether oxygens (including phenoxy) is 1. The van der Waals surface area contributed by atoms with E-state index in [0.717, 1.165) is 26.1 Å². The van der Waals surface area contributed by atoms with Gasteiger partial charge in [-0.25, -0.2) is 0 Å². The molecule has 0 bridgehead atoms. The van der Waals surface area contributed by atoms with Gasteiger partial charge in [0.25, 0.3) is 0 Å². The molecule has 2 rings (SSSR count). The first-order valence-corrected chi connectivity index (χ1v) is 7.26. The van der Waals surface area contributed by atoms with Crippen molar-refractivity contribution in [3.63, 3.8) is 0 Å². The molecule has 1 aliphatic heterocycles. The van der Waals surface area contributed by atoms with Gasteiger partial charge in [0, 0.05) is 31.8 Å². The first-order valence-electron chi connectivity index (χ1n) is 7.26. The Morgan fingerprint density at radius 2 is 2.11 bits per heavy atom. The van der Waals surface area contributed by atoms with Crippen molar-refractivity contribution in [2.45, 2.75) is 45.4 Å². The van der Waals surface area contributed by atoms with Crippen molar-refractivity contribution < 1.29 is 4.74 Å². The molecule has 3 nitrogen and oxygen atoms in total. The van der Waals surface area contributed by atoms with Gasteiger partial charge in [-0.1, -0.05) is 24.3 Å². The van der Waals surface area contributed by atoms with Crippen LogP contribution in [0.25, 0.3) is 0 Å². The van der Waals surface area contributed by atoms with Gasteiger partial charge >= 0.3 is 0 Å². The van der Waals surface area contributed by atoms with E-state index in [0.29, 0.717) is 0 Å². The fourth-order valence-electron chi connectivity index (χ4n) is 3.01. The van der Waals surface area contributed by atoms with E-state index in [1.165, 1.54) is 11.1 Å². The standard InChI is InChI=1S/C16H26N2O/c1-12-7-4-5-8-15(12)16(14(3)17)18-9-6-10-19-13(2)11-18/h4-5,7-8,13-14,16H,6,9-11,17H2,1-3H3. The topological polar surface area (TPSA) is 38.5 Å². The molecule has 106 valence electrons. The summed E-state index contributed by atoms with van der Waals surface area (Å²) in [5.74, 6) is 0. The first kappa shape index (κ1) is 14.5. The van der Waals surface area contributed by atoms with E-state index < -0.39 is 0 Å². The summed E-state index contributed by atoms with van der Waals surface area (Å²) in [6.45, 7) is 9.30. The van der Waals surface area contributed by atoms with Crippen LogP contribution in [0.15, 0.2) is 24.3 Å². The predicted molar refractivity (Wildman–Crippen MR) is 79.2 cm³/mol. The third-order valence-electron chi connectivity index (χ3n) is 3.88. The van der Waals surface area contributed by atoms with Gasteiger partial charge < -0.3 is 10.5 Å². The molecule has 0 saturated carbocycles. The monoisotopic (exact) mass is 262 g/mol. The van der Waals surface area contributed by atoms with Gasteiger partial charge in [-0.3, -0.25) is 4.90 Å². The van der Waals surface area contributed by atoms with Crippen molar-refractivity contribution in [3.05, 3.63) is 35.4 Å². The highest BCUT2D eigenvalue weighted by Crippen LogP contribution is 2.27. The lowest BCUT2D eigenvalue weighted by atomic mass is 9.94. The minimum Gasteiger partial charge on any atom is -0.377 e. The second kappa shape index (κ2) is 6.51. The van der Waals surface area contributed by atoms with Crippen LogP contribution in [-0.2, 0) is 4.74 Å². The van der Waals surface area contributed by atoms with Crippen LogP contribution in [0.2, 0.25) is 0 Å². The molecule has 19 heavy (non-hydrogen) atoms. The van der Waals surface area contributed by atoms with Crippen LogP contribution in [0.5, 0.6) is 0 Å². The number of nitrogens with zero attached hydrogens (tertiary/aromatic N) is 1. The van der Waals surface area contributed by atoms with Crippen molar-refractivity contribution >= 4 is 0 Å². The summed E-state index contributed by atoms with van der Waals surface area (Å²) < 4.78 is 5.75. The van der Waals surface area contributed by atoms with E-state index in [4.69, 9.17) is 10.5 Å². The fraction of sp³-hybridized carbons (Fsp3) is 0.625. The fourth-order valence-corrected chi connectivity index (χ4v) is 3.01. The number of nitrogens with two attached hydrogens (primary N) is 1. The van der Waals surface area contributed by atoms with E-state index in [2.05, 4.69) is 49.9 Å². The summed E-state index contributed by atoms with van der Waals surface area (Å²) in [6, 6.07) is 8.97. The van der Waals surface area contributed by atoms with Gasteiger partial charge in [0.2, 0.25) is 0 Å². The zero-order valence-corrected chi connectivity index (χ0v) is 12.3. The Morgan fingerprint density at radius 1 is 1.37 bits per heavy atom. The molecule has 0 radical (unpaired) electrons. The maximum atomic E-state index is 6.28. The summed E-state index contributed by atoms with van der Waals surface area (Å²) in [5.41, 5.74) is 8.96. The van der Waals surface area contributed by atoms with Gasteiger partial charge in [0.1, 0.15) is 0 Å². The van der Waals surface area contributed by atoms with E-state index in [9.17, 15) is 0 Å². The maximum absolute atomic E-state index is 6.28. The minimum atomic E-state index is 0.117. The summed E-state index contributed by atoms with van der Waals surface area (Å²) in [4.78, 5) is 2.49. The van der Waals surface area contributed by atoms with Crippen molar-refractivity contribution in [2.75, 3.05) is 19.7 Å². The van der Waals surface area contributed by atoms with E-state index >= 15 is 0 Å². The lowest BCUT2D eigenvalue weighted by Crippen LogP contribution is -2.42. The van der Waals surface area contributed by atoms with Gasteiger partial charge in [0.15, 0.2) is 0 Å². The van der Waals surface area contributed by atoms with Crippen LogP contribution < -0.4 is 5.73 Å². The molecule has 1 aromatic carbocycles. The second-order valence-corrected chi connectivity index (χ2v) is 5.69. The Hall–Kier alpha value is -0.900. The van der Waals surface area contributed by atoms with Crippen molar-refractivity contribution in [1.82, 2.24) is 4.90 Å². The number of aryl methyl sites for hydroxylation is 1. The predicted octanol–water partition coefficient (Wildman–Crippen LogP) is 2.49. The van der Waals surface area contributed by atoms with Gasteiger partial charge in [-0.15, -0.1) is 0 Å². The van der Waals surface area contributed by atoms with Crippen LogP contribution >= 0.6 is 0 Å². The average Bonchev–Trinajstić information content (AvgIpc) is 2.56. The van der Waals surface area contributed by atoms with Crippen molar-refractivity contribution in [1.29, 1.82) is 0 Å². The smallest absolute Gasteiger partial charge is 0.0674 e. The molecule has 0 amide bonds. The molecule has 1 aromatic rings. The quantitative estimate of drug-likeness (QED) is 0.909. The molecule has 1 aliphatic rings. The van der Waals surface area contributed by atoms with Crippen molar-refractivity contribution in [3.8, 4) is 0 Å². The molecular formula is C16H26N2O.